The molecule has 1 fully saturated rings. The van der Waals surface area contributed by atoms with E-state index in [9.17, 15) is 13.2 Å². The molecule has 0 spiro atoms. The zero-order valence-electron chi connectivity index (χ0n) is 17.8. The first kappa shape index (κ1) is 22.4. The number of amides is 1. The number of nitrogens with zero attached hydrogens (tertiary/aromatic N) is 3. The number of ether oxygens (including phenoxy) is 1. The Labute approximate surface area is 190 Å². The highest BCUT2D eigenvalue weighted by Crippen LogP contribution is 2.31. The van der Waals surface area contributed by atoms with Crippen molar-refractivity contribution in [2.75, 3.05) is 25.0 Å². The summed E-state index contributed by atoms with van der Waals surface area (Å²) >= 11 is 1.13. The van der Waals surface area contributed by atoms with Gasteiger partial charge in [-0.3, -0.25) is 4.79 Å². The highest BCUT2D eigenvalue weighted by atomic mass is 32.2. The largest absolute Gasteiger partial charge is 0.494 e. The standard InChI is InChI=1S/C21H24N4O5S2/c1-3-29-18-6-4-17(5-7-18)23-21(26)15-8-10-25(11-9-15)32(27,28)19-12-16(13-31-19)20-22-14(2)30-24-20/h4-7,12-13,15H,3,8-11H2,1-2H3,(H,23,26). The van der Waals surface area contributed by atoms with Crippen molar-refractivity contribution < 1.29 is 22.5 Å². The van der Waals surface area contributed by atoms with Gasteiger partial charge in [-0.1, -0.05) is 5.16 Å². The van der Waals surface area contributed by atoms with Gasteiger partial charge in [0.2, 0.25) is 17.6 Å². The fourth-order valence-electron chi connectivity index (χ4n) is 3.52. The van der Waals surface area contributed by atoms with Gasteiger partial charge in [0.15, 0.2) is 0 Å². The molecule has 3 aromatic rings. The molecule has 1 amide bonds. The number of nitrogens with one attached hydrogen (secondary N) is 1. The van der Waals surface area contributed by atoms with E-state index in [1.54, 1.807) is 42.6 Å². The van der Waals surface area contributed by atoms with Gasteiger partial charge in [-0.05, 0) is 50.1 Å². The van der Waals surface area contributed by atoms with Gasteiger partial charge in [-0.25, -0.2) is 8.42 Å². The Kier molecular flexibility index (Phi) is 6.58. The summed E-state index contributed by atoms with van der Waals surface area (Å²) in [5.41, 5.74) is 1.30. The lowest BCUT2D eigenvalue weighted by Gasteiger charge is -2.30. The van der Waals surface area contributed by atoms with Gasteiger partial charge in [-0.15, -0.1) is 11.3 Å². The molecular weight excluding hydrogens is 452 g/mol. The van der Waals surface area contributed by atoms with Crippen LogP contribution in [0.25, 0.3) is 11.4 Å². The first-order valence-corrected chi connectivity index (χ1v) is 12.6. The maximum Gasteiger partial charge on any atom is 0.252 e. The summed E-state index contributed by atoms with van der Waals surface area (Å²) in [7, 11) is -3.64. The number of carbonyl (C=O) groups is 1. The van der Waals surface area contributed by atoms with Crippen LogP contribution in [0.4, 0.5) is 5.69 Å². The SMILES string of the molecule is CCOc1ccc(NC(=O)C2CCN(S(=O)(=O)c3cc(-c4noc(C)n4)cs3)CC2)cc1. The van der Waals surface area contributed by atoms with Crippen LogP contribution in [0.3, 0.4) is 0 Å². The molecule has 2 aromatic heterocycles. The predicted octanol–water partition coefficient (Wildman–Crippen LogP) is 3.54. The third kappa shape index (κ3) is 4.84. The molecule has 170 valence electrons. The molecule has 3 heterocycles. The monoisotopic (exact) mass is 476 g/mol. The molecule has 11 heteroatoms. The molecule has 9 nitrogen and oxygen atoms in total. The quantitative estimate of drug-likeness (QED) is 0.555. The average Bonchev–Trinajstić information content (AvgIpc) is 3.45. The van der Waals surface area contributed by atoms with Crippen molar-refractivity contribution in [1.29, 1.82) is 0 Å². The number of aromatic nitrogens is 2. The van der Waals surface area contributed by atoms with Crippen LogP contribution in [0.1, 0.15) is 25.7 Å². The molecule has 0 unspecified atom stereocenters. The topological polar surface area (TPSA) is 115 Å². The van der Waals surface area contributed by atoms with Crippen molar-refractivity contribution in [3.8, 4) is 17.1 Å². The number of anilines is 1. The molecule has 0 aliphatic carbocycles. The number of aryl methyl sites for hydroxylation is 1. The van der Waals surface area contributed by atoms with Gasteiger partial charge in [-0.2, -0.15) is 9.29 Å². The number of hydrogen-bond donors (Lipinski definition) is 1. The van der Waals surface area contributed by atoms with E-state index in [1.165, 1.54) is 4.31 Å². The van der Waals surface area contributed by atoms with Crippen molar-refractivity contribution in [2.24, 2.45) is 5.92 Å². The highest BCUT2D eigenvalue weighted by molar-refractivity contribution is 7.91. The van der Waals surface area contributed by atoms with Crippen molar-refractivity contribution in [2.45, 2.75) is 30.9 Å². The normalized spacial score (nSPS) is 15.6. The lowest BCUT2D eigenvalue weighted by atomic mass is 9.97. The molecule has 1 N–H and O–H groups in total. The zero-order valence-corrected chi connectivity index (χ0v) is 19.4. The second-order valence-corrected chi connectivity index (χ2v) is 10.5. The van der Waals surface area contributed by atoms with Crippen molar-refractivity contribution in [1.82, 2.24) is 14.4 Å². The molecular formula is C21H24N4O5S2. The molecule has 1 saturated heterocycles. The van der Waals surface area contributed by atoms with Gasteiger partial charge in [0.05, 0.1) is 6.61 Å². The predicted molar refractivity (Wildman–Crippen MR) is 120 cm³/mol. The lowest BCUT2D eigenvalue weighted by Crippen LogP contribution is -2.41. The summed E-state index contributed by atoms with van der Waals surface area (Å²) in [6.45, 7) is 4.75. The fourth-order valence-corrected chi connectivity index (χ4v) is 6.30. The number of thiophene rings is 1. The maximum atomic E-state index is 13.0. The van der Waals surface area contributed by atoms with Gasteiger partial charge >= 0.3 is 0 Å². The first-order chi connectivity index (χ1) is 15.4. The van der Waals surface area contributed by atoms with Gasteiger partial charge in [0, 0.05) is 42.6 Å². The molecule has 1 aliphatic heterocycles. The first-order valence-electron chi connectivity index (χ1n) is 10.3. The van der Waals surface area contributed by atoms with Crippen molar-refractivity contribution in [3.05, 3.63) is 41.6 Å². The van der Waals surface area contributed by atoms with Crippen LogP contribution in [0, 0.1) is 12.8 Å². The van der Waals surface area contributed by atoms with Crippen molar-refractivity contribution in [3.63, 3.8) is 0 Å². The Balaban J connectivity index is 1.35. The molecule has 32 heavy (non-hydrogen) atoms. The Bertz CT molecular complexity index is 1180. The van der Waals surface area contributed by atoms with E-state index in [1.807, 2.05) is 6.92 Å². The minimum atomic E-state index is -3.64. The second-order valence-electron chi connectivity index (χ2n) is 7.42. The third-order valence-corrected chi connectivity index (χ3v) is 8.53. The van der Waals surface area contributed by atoms with Gasteiger partial charge < -0.3 is 14.6 Å². The van der Waals surface area contributed by atoms with Gasteiger partial charge in [0.25, 0.3) is 10.0 Å². The van der Waals surface area contributed by atoms with Gasteiger partial charge in [0.1, 0.15) is 9.96 Å². The summed E-state index contributed by atoms with van der Waals surface area (Å²) < 4.78 is 38.1. The molecule has 0 saturated carbocycles. The number of rotatable bonds is 7. The summed E-state index contributed by atoms with van der Waals surface area (Å²) in [6, 6.07) is 8.76. The summed E-state index contributed by atoms with van der Waals surface area (Å²) in [4.78, 5) is 16.8. The van der Waals surface area contributed by atoms with E-state index < -0.39 is 10.0 Å². The van der Waals surface area contributed by atoms with E-state index in [-0.39, 0.29) is 29.1 Å². The Morgan fingerprint density at radius 3 is 2.62 bits per heavy atom. The average molecular weight is 477 g/mol. The number of sulfonamides is 1. The van der Waals surface area contributed by atoms with Crippen molar-refractivity contribution >= 4 is 33.0 Å². The van der Waals surface area contributed by atoms with Crippen LogP contribution >= 0.6 is 11.3 Å². The third-order valence-electron chi connectivity index (χ3n) is 5.21. The summed E-state index contributed by atoms with van der Waals surface area (Å²) in [5, 5.41) is 8.44. The van der Waals surface area contributed by atoms with Crippen LogP contribution in [-0.2, 0) is 14.8 Å². The molecule has 0 bridgehead atoms. The number of benzene rings is 1. The van der Waals surface area contributed by atoms with Crippen LogP contribution in [0.2, 0.25) is 0 Å². The summed E-state index contributed by atoms with van der Waals surface area (Å²) in [5.74, 6) is 1.19. The minimum absolute atomic E-state index is 0.0999. The minimum Gasteiger partial charge on any atom is -0.494 e. The smallest absolute Gasteiger partial charge is 0.252 e. The van der Waals surface area contributed by atoms with E-state index >= 15 is 0 Å². The lowest BCUT2D eigenvalue weighted by molar-refractivity contribution is -0.120. The molecule has 0 radical (unpaired) electrons. The fraction of sp³-hybridized carbons (Fsp3) is 0.381. The number of carbonyl (C=O) groups excluding carboxylic acids is 1. The summed E-state index contributed by atoms with van der Waals surface area (Å²) in [6.07, 6.45) is 0.925. The second kappa shape index (κ2) is 9.39. The maximum absolute atomic E-state index is 13.0. The van der Waals surface area contributed by atoms with E-state index in [2.05, 4.69) is 15.5 Å². The number of hydrogen-bond acceptors (Lipinski definition) is 8. The molecule has 1 aliphatic rings. The molecule has 4 rings (SSSR count). The van der Waals surface area contributed by atoms with Crippen LogP contribution < -0.4 is 10.1 Å². The highest BCUT2D eigenvalue weighted by Gasteiger charge is 2.33. The van der Waals surface area contributed by atoms with Crippen LogP contribution in [0.15, 0.2) is 44.4 Å². The van der Waals surface area contributed by atoms with E-state index in [0.717, 1.165) is 17.1 Å². The number of piperidine rings is 1. The molecule has 0 atom stereocenters. The Hall–Kier alpha value is -2.76. The Morgan fingerprint density at radius 2 is 2.00 bits per heavy atom. The molecule has 1 aromatic carbocycles. The zero-order chi connectivity index (χ0) is 22.7. The Morgan fingerprint density at radius 1 is 1.28 bits per heavy atom. The van der Waals surface area contributed by atoms with E-state index in [0.29, 0.717) is 42.4 Å². The van der Waals surface area contributed by atoms with Crippen LogP contribution in [-0.4, -0.2) is 48.5 Å². The van der Waals surface area contributed by atoms with E-state index in [4.69, 9.17) is 9.26 Å². The van der Waals surface area contributed by atoms with Crippen LogP contribution in [0.5, 0.6) is 5.75 Å².